The van der Waals surface area contributed by atoms with Crippen LogP contribution >= 0.6 is 31.9 Å². The maximum Gasteiger partial charge on any atom is 0.269 e. The molecule has 6 heteroatoms. The van der Waals surface area contributed by atoms with Crippen molar-refractivity contribution in [3.05, 3.63) is 75.6 Å². The van der Waals surface area contributed by atoms with Crippen LogP contribution in [0.1, 0.15) is 20.8 Å². The van der Waals surface area contributed by atoms with E-state index in [1.165, 1.54) is 24.3 Å². The molecular weight excluding hydrogens is 393 g/mol. The highest BCUT2D eigenvalue weighted by molar-refractivity contribution is 9.12. The van der Waals surface area contributed by atoms with Gasteiger partial charge in [-0.25, -0.2) is 4.39 Å². The van der Waals surface area contributed by atoms with Gasteiger partial charge in [0.05, 0.1) is 14.6 Å². The highest BCUT2D eigenvalue weighted by Gasteiger charge is 2.20. The minimum absolute atomic E-state index is 0.0568. The van der Waals surface area contributed by atoms with E-state index in [9.17, 15) is 14.5 Å². The van der Waals surface area contributed by atoms with Crippen molar-refractivity contribution in [3.63, 3.8) is 0 Å². The molecule has 2 aromatic rings. The lowest BCUT2D eigenvalue weighted by Gasteiger charge is -2.17. The van der Waals surface area contributed by atoms with Gasteiger partial charge in [-0.15, -0.1) is 0 Å². The minimum atomic E-state index is -0.432. The summed E-state index contributed by atoms with van der Waals surface area (Å²) in [6.07, 6.45) is 0. The molecule has 2 atom stereocenters. The summed E-state index contributed by atoms with van der Waals surface area (Å²) < 4.78 is 12.9. The number of rotatable bonds is 4. The van der Waals surface area contributed by atoms with Crippen LogP contribution in [0.15, 0.2) is 48.5 Å². The number of non-ortho nitro benzene ring substituents is 1. The maximum atomic E-state index is 12.9. The van der Waals surface area contributed by atoms with Gasteiger partial charge in [0.15, 0.2) is 0 Å². The topological polar surface area (TPSA) is 43.1 Å². The van der Waals surface area contributed by atoms with Crippen LogP contribution in [0.4, 0.5) is 10.1 Å². The molecule has 3 nitrogen and oxygen atoms in total. The SMILES string of the molecule is O=[N+]([O-])c1ccc([C@@H](Br)[C@H](Br)c2ccc(F)cc2)cc1. The number of benzene rings is 2. The van der Waals surface area contributed by atoms with E-state index < -0.39 is 4.92 Å². The Bertz CT molecular complexity index is 602. The van der Waals surface area contributed by atoms with E-state index in [0.29, 0.717) is 0 Å². The van der Waals surface area contributed by atoms with Crippen LogP contribution in [0.3, 0.4) is 0 Å². The lowest BCUT2D eigenvalue weighted by Crippen LogP contribution is -2.00. The summed E-state index contributed by atoms with van der Waals surface area (Å²) in [4.78, 5) is 10.0. The first-order valence-corrected chi connectivity index (χ1v) is 7.60. The van der Waals surface area contributed by atoms with E-state index in [-0.39, 0.29) is 21.2 Å². The molecule has 0 saturated carbocycles. The molecular formula is C14H10Br2FNO2. The Morgan fingerprint density at radius 1 is 0.900 bits per heavy atom. The van der Waals surface area contributed by atoms with Crippen LogP contribution in [-0.4, -0.2) is 4.92 Å². The summed E-state index contributed by atoms with van der Waals surface area (Å²) in [5.74, 6) is -0.282. The molecule has 0 aromatic heterocycles. The highest BCUT2D eigenvalue weighted by atomic mass is 79.9. The molecule has 0 bridgehead atoms. The van der Waals surface area contributed by atoms with E-state index >= 15 is 0 Å². The molecule has 2 rings (SSSR count). The fourth-order valence-corrected chi connectivity index (χ4v) is 2.99. The van der Waals surface area contributed by atoms with Crippen LogP contribution in [-0.2, 0) is 0 Å². The second-order valence-electron chi connectivity index (χ2n) is 4.20. The Morgan fingerprint density at radius 2 is 1.30 bits per heavy atom. The minimum Gasteiger partial charge on any atom is -0.258 e. The predicted octanol–water partition coefficient (Wildman–Crippen LogP) is 5.31. The molecule has 0 radical (unpaired) electrons. The number of hydrogen-bond acceptors (Lipinski definition) is 2. The zero-order valence-electron chi connectivity index (χ0n) is 10.2. The van der Waals surface area contributed by atoms with E-state index in [0.717, 1.165) is 11.1 Å². The second-order valence-corrected chi connectivity index (χ2v) is 6.18. The Hall–Kier alpha value is -1.27. The summed E-state index contributed by atoms with van der Waals surface area (Å²) in [6, 6.07) is 12.5. The third-order valence-electron chi connectivity index (χ3n) is 2.87. The van der Waals surface area contributed by atoms with Gasteiger partial charge in [0.25, 0.3) is 5.69 Å². The second kappa shape index (κ2) is 6.45. The third-order valence-corrected chi connectivity index (χ3v) is 5.69. The van der Waals surface area contributed by atoms with Gasteiger partial charge in [-0.1, -0.05) is 56.1 Å². The van der Waals surface area contributed by atoms with Crippen LogP contribution in [0.2, 0.25) is 0 Å². The van der Waals surface area contributed by atoms with Gasteiger partial charge < -0.3 is 0 Å². The number of alkyl halides is 2. The molecule has 0 amide bonds. The van der Waals surface area contributed by atoms with Crippen LogP contribution < -0.4 is 0 Å². The Morgan fingerprint density at radius 3 is 1.70 bits per heavy atom. The van der Waals surface area contributed by atoms with Gasteiger partial charge in [-0.2, -0.15) is 0 Å². The van der Waals surface area contributed by atoms with Gasteiger partial charge >= 0.3 is 0 Å². The first kappa shape index (κ1) is 15.1. The van der Waals surface area contributed by atoms with Crippen molar-refractivity contribution in [1.29, 1.82) is 0 Å². The quantitative estimate of drug-likeness (QED) is 0.395. The summed E-state index contributed by atoms with van der Waals surface area (Å²) >= 11 is 7.11. The zero-order chi connectivity index (χ0) is 14.7. The molecule has 0 spiro atoms. The Kier molecular flexibility index (Phi) is 4.88. The Balaban J connectivity index is 2.19. The average Bonchev–Trinajstić information content (AvgIpc) is 2.46. The first-order valence-electron chi connectivity index (χ1n) is 5.77. The van der Waals surface area contributed by atoms with Crippen LogP contribution in [0.25, 0.3) is 0 Å². The molecule has 0 aliphatic heterocycles. The van der Waals surface area contributed by atoms with Gasteiger partial charge in [0.1, 0.15) is 5.82 Å². The van der Waals surface area contributed by atoms with Crippen molar-refractivity contribution in [3.8, 4) is 0 Å². The number of nitro groups is 1. The standard InChI is InChI=1S/C14H10Br2FNO2/c15-13(9-1-5-11(17)6-2-9)14(16)10-3-7-12(8-4-10)18(19)20/h1-8,13-14H/t13-,14-/m1/s1. The monoisotopic (exact) mass is 401 g/mol. The number of halogens is 3. The lowest BCUT2D eigenvalue weighted by atomic mass is 10.0. The maximum absolute atomic E-state index is 12.9. The molecule has 0 aliphatic rings. The van der Waals surface area contributed by atoms with Crippen molar-refractivity contribution in [2.45, 2.75) is 9.65 Å². The zero-order valence-corrected chi connectivity index (χ0v) is 13.3. The highest BCUT2D eigenvalue weighted by Crippen LogP contribution is 2.42. The van der Waals surface area contributed by atoms with E-state index in [4.69, 9.17) is 0 Å². The van der Waals surface area contributed by atoms with Crippen molar-refractivity contribution < 1.29 is 9.31 Å². The molecule has 0 aliphatic carbocycles. The number of hydrogen-bond donors (Lipinski definition) is 0. The van der Waals surface area contributed by atoms with E-state index in [1.807, 2.05) is 0 Å². The summed E-state index contributed by atoms with van der Waals surface area (Å²) in [5.41, 5.74) is 1.88. The van der Waals surface area contributed by atoms with Gasteiger partial charge in [-0.3, -0.25) is 10.1 Å². The van der Waals surface area contributed by atoms with Crippen molar-refractivity contribution >= 4 is 37.5 Å². The van der Waals surface area contributed by atoms with Crippen molar-refractivity contribution in [2.24, 2.45) is 0 Å². The smallest absolute Gasteiger partial charge is 0.258 e. The third kappa shape index (κ3) is 3.43. The molecule has 0 unspecified atom stereocenters. The summed E-state index contributed by atoms with van der Waals surface area (Å²) in [5, 5.41) is 10.6. The molecule has 2 aromatic carbocycles. The van der Waals surface area contributed by atoms with Crippen LogP contribution in [0.5, 0.6) is 0 Å². The molecule has 104 valence electrons. The first-order chi connectivity index (χ1) is 9.49. The molecule has 0 saturated heterocycles. The van der Waals surface area contributed by atoms with E-state index in [1.54, 1.807) is 24.3 Å². The van der Waals surface area contributed by atoms with Gasteiger partial charge in [0, 0.05) is 12.1 Å². The van der Waals surface area contributed by atoms with Gasteiger partial charge in [0.2, 0.25) is 0 Å². The normalized spacial score (nSPS) is 13.8. The van der Waals surface area contributed by atoms with E-state index in [2.05, 4.69) is 31.9 Å². The fraction of sp³-hybridized carbons (Fsp3) is 0.143. The molecule has 0 heterocycles. The lowest BCUT2D eigenvalue weighted by molar-refractivity contribution is -0.384. The molecule has 0 N–H and O–H groups in total. The molecule has 0 fully saturated rings. The summed E-state index contributed by atoms with van der Waals surface area (Å²) in [6.45, 7) is 0. The van der Waals surface area contributed by atoms with Gasteiger partial charge in [-0.05, 0) is 23.3 Å². The number of nitrogens with zero attached hydrogens (tertiary/aromatic N) is 1. The molecule has 20 heavy (non-hydrogen) atoms. The largest absolute Gasteiger partial charge is 0.269 e. The fourth-order valence-electron chi connectivity index (χ4n) is 1.76. The summed E-state index contributed by atoms with van der Waals surface area (Å²) in [7, 11) is 0. The van der Waals surface area contributed by atoms with Crippen molar-refractivity contribution in [2.75, 3.05) is 0 Å². The predicted molar refractivity (Wildman–Crippen MR) is 82.8 cm³/mol. The average molecular weight is 403 g/mol. The van der Waals surface area contributed by atoms with Crippen molar-refractivity contribution in [1.82, 2.24) is 0 Å². The number of nitro benzene ring substituents is 1. The van der Waals surface area contributed by atoms with Crippen LogP contribution in [0, 0.1) is 15.9 Å². The Labute approximate surface area is 132 Å².